The van der Waals surface area contributed by atoms with Gasteiger partial charge in [-0.25, -0.2) is 0 Å². The Morgan fingerprint density at radius 1 is 1.15 bits per heavy atom. The van der Waals surface area contributed by atoms with Crippen LogP contribution in [0.1, 0.15) is 15.3 Å². The van der Waals surface area contributed by atoms with Gasteiger partial charge in [-0.2, -0.15) is 5.26 Å². The van der Waals surface area contributed by atoms with Crippen molar-refractivity contribution in [2.24, 2.45) is 0 Å². The maximum atomic E-state index is 8.75. The summed E-state index contributed by atoms with van der Waals surface area (Å²) in [5.74, 6) is 0. The molecule has 0 fully saturated rings. The van der Waals surface area contributed by atoms with Crippen LogP contribution < -0.4 is 0 Å². The van der Waals surface area contributed by atoms with Crippen LogP contribution in [-0.4, -0.2) is 0 Å². The highest BCUT2D eigenvalue weighted by molar-refractivity contribution is 7.13. The summed E-state index contributed by atoms with van der Waals surface area (Å²) in [7, 11) is 0. The van der Waals surface area contributed by atoms with E-state index in [0.29, 0.717) is 0 Å². The van der Waals surface area contributed by atoms with E-state index in [9.17, 15) is 0 Å². The van der Waals surface area contributed by atoms with Gasteiger partial charge in [0.05, 0.1) is 11.6 Å². The highest BCUT2D eigenvalue weighted by atomic mass is 32.1. The first kappa shape index (κ1) is 8.28. The van der Waals surface area contributed by atoms with Gasteiger partial charge >= 0.3 is 0 Å². The Balaban J connectivity index is 2.86. The fraction of sp³-hybridized carbons (Fsp3) is 0.182. The third kappa shape index (κ3) is 1.22. The normalized spacial score (nSPS) is 10.2. The fourth-order valence-electron chi connectivity index (χ4n) is 1.55. The molecule has 1 aromatic carbocycles. The smallest absolute Gasteiger partial charge is 0.0991 e. The van der Waals surface area contributed by atoms with Crippen molar-refractivity contribution in [3.8, 4) is 6.07 Å². The number of fused-ring (bicyclic) bond motifs is 1. The fourth-order valence-corrected chi connectivity index (χ4v) is 2.58. The van der Waals surface area contributed by atoms with Crippen molar-refractivity contribution in [1.29, 1.82) is 5.26 Å². The van der Waals surface area contributed by atoms with Gasteiger partial charge in [-0.05, 0) is 36.8 Å². The second-order valence-corrected chi connectivity index (χ2v) is 4.52. The molecule has 0 saturated heterocycles. The molecule has 0 bridgehead atoms. The van der Waals surface area contributed by atoms with Crippen molar-refractivity contribution < 1.29 is 0 Å². The van der Waals surface area contributed by atoms with Crippen LogP contribution in [0.25, 0.3) is 10.8 Å². The predicted molar refractivity (Wildman–Crippen MR) is 56.0 cm³/mol. The molecular formula is C11H9NS. The molecule has 13 heavy (non-hydrogen) atoms. The number of rotatable bonds is 0. The summed E-state index contributed by atoms with van der Waals surface area (Å²) in [6.07, 6.45) is 0. The lowest BCUT2D eigenvalue weighted by Crippen LogP contribution is -1.74. The van der Waals surface area contributed by atoms with E-state index in [1.165, 1.54) is 20.5 Å². The number of hydrogen-bond acceptors (Lipinski definition) is 2. The van der Waals surface area contributed by atoms with Crippen LogP contribution in [0, 0.1) is 25.2 Å². The van der Waals surface area contributed by atoms with Gasteiger partial charge in [-0.15, -0.1) is 11.3 Å². The summed E-state index contributed by atoms with van der Waals surface area (Å²) in [4.78, 5) is 2.63. The second-order valence-electron chi connectivity index (χ2n) is 3.09. The highest BCUT2D eigenvalue weighted by Gasteiger charge is 2.04. The van der Waals surface area contributed by atoms with Gasteiger partial charge in [0.15, 0.2) is 0 Å². The number of aryl methyl sites for hydroxylation is 2. The van der Waals surface area contributed by atoms with Crippen LogP contribution in [0.3, 0.4) is 0 Å². The molecule has 0 atom stereocenters. The standard InChI is InChI=1S/C11H9NS/c1-7-10-4-3-9(6-12)5-11(10)8(2)13-7/h3-5H,1-2H3. The van der Waals surface area contributed by atoms with Crippen molar-refractivity contribution in [2.75, 3.05) is 0 Å². The SMILES string of the molecule is Cc1sc(C)c2cc(C#N)ccc12. The average molecular weight is 187 g/mol. The van der Waals surface area contributed by atoms with E-state index < -0.39 is 0 Å². The van der Waals surface area contributed by atoms with Gasteiger partial charge in [-0.1, -0.05) is 6.07 Å². The topological polar surface area (TPSA) is 23.8 Å². The van der Waals surface area contributed by atoms with Crippen LogP contribution in [-0.2, 0) is 0 Å². The molecule has 0 unspecified atom stereocenters. The Kier molecular flexibility index (Phi) is 1.82. The van der Waals surface area contributed by atoms with Crippen LogP contribution in [0.4, 0.5) is 0 Å². The molecule has 0 radical (unpaired) electrons. The number of thiophene rings is 1. The Labute approximate surface area is 81.2 Å². The minimum absolute atomic E-state index is 0.744. The quantitative estimate of drug-likeness (QED) is 0.620. The van der Waals surface area contributed by atoms with E-state index in [2.05, 4.69) is 19.9 Å². The van der Waals surface area contributed by atoms with Crippen molar-refractivity contribution in [1.82, 2.24) is 0 Å². The largest absolute Gasteiger partial charge is 0.192 e. The van der Waals surface area contributed by atoms with Crippen LogP contribution >= 0.6 is 11.3 Å². The molecule has 0 spiro atoms. The first-order chi connectivity index (χ1) is 6.22. The summed E-state index contributed by atoms with van der Waals surface area (Å²) in [6, 6.07) is 8.04. The molecular weight excluding hydrogens is 178 g/mol. The van der Waals surface area contributed by atoms with E-state index >= 15 is 0 Å². The Hall–Kier alpha value is -1.33. The number of hydrogen-bond donors (Lipinski definition) is 0. The minimum atomic E-state index is 0.744. The molecule has 2 rings (SSSR count). The molecule has 0 aliphatic carbocycles. The second kappa shape index (κ2) is 2.86. The lowest BCUT2D eigenvalue weighted by atomic mass is 10.1. The molecule has 0 N–H and O–H groups in total. The zero-order chi connectivity index (χ0) is 9.42. The molecule has 2 heteroatoms. The molecule has 1 aromatic heterocycles. The number of benzene rings is 1. The van der Waals surface area contributed by atoms with E-state index in [-0.39, 0.29) is 0 Å². The van der Waals surface area contributed by atoms with E-state index in [0.717, 1.165) is 5.56 Å². The summed E-state index contributed by atoms with van der Waals surface area (Å²) in [6.45, 7) is 4.22. The van der Waals surface area contributed by atoms with Crippen molar-refractivity contribution in [2.45, 2.75) is 13.8 Å². The summed E-state index contributed by atoms with van der Waals surface area (Å²) >= 11 is 1.79. The number of nitrogens with zero attached hydrogens (tertiary/aromatic N) is 1. The first-order valence-electron chi connectivity index (χ1n) is 4.12. The summed E-state index contributed by atoms with van der Waals surface area (Å²) in [5, 5.41) is 11.3. The van der Waals surface area contributed by atoms with Crippen molar-refractivity contribution >= 4 is 22.1 Å². The van der Waals surface area contributed by atoms with Crippen molar-refractivity contribution in [3.63, 3.8) is 0 Å². The van der Waals surface area contributed by atoms with Crippen LogP contribution in [0.5, 0.6) is 0 Å². The van der Waals surface area contributed by atoms with Gasteiger partial charge in [0.25, 0.3) is 0 Å². The first-order valence-corrected chi connectivity index (χ1v) is 4.94. The monoisotopic (exact) mass is 187 g/mol. The molecule has 1 nitrogen and oxygen atoms in total. The Morgan fingerprint density at radius 3 is 2.54 bits per heavy atom. The van der Waals surface area contributed by atoms with Gasteiger partial charge in [0.1, 0.15) is 0 Å². The third-order valence-corrected chi connectivity index (χ3v) is 3.27. The summed E-state index contributed by atoms with van der Waals surface area (Å²) in [5.41, 5.74) is 0.744. The zero-order valence-electron chi connectivity index (χ0n) is 7.59. The van der Waals surface area contributed by atoms with E-state index in [1.807, 2.05) is 18.2 Å². The average Bonchev–Trinajstić information content (AvgIpc) is 2.42. The number of nitriles is 1. The van der Waals surface area contributed by atoms with Gasteiger partial charge < -0.3 is 0 Å². The Morgan fingerprint density at radius 2 is 1.85 bits per heavy atom. The predicted octanol–water partition coefficient (Wildman–Crippen LogP) is 3.39. The minimum Gasteiger partial charge on any atom is -0.192 e. The maximum Gasteiger partial charge on any atom is 0.0991 e. The van der Waals surface area contributed by atoms with Gasteiger partial charge in [0.2, 0.25) is 0 Å². The third-order valence-electron chi connectivity index (χ3n) is 2.21. The lowest BCUT2D eigenvalue weighted by Gasteiger charge is -1.92. The van der Waals surface area contributed by atoms with E-state index in [4.69, 9.17) is 5.26 Å². The Bertz CT molecular complexity index is 503. The van der Waals surface area contributed by atoms with Crippen LogP contribution in [0.2, 0.25) is 0 Å². The highest BCUT2D eigenvalue weighted by Crippen LogP contribution is 2.30. The molecule has 1 heterocycles. The van der Waals surface area contributed by atoms with Gasteiger partial charge in [0, 0.05) is 9.75 Å². The summed E-state index contributed by atoms with van der Waals surface area (Å²) < 4.78 is 0. The maximum absolute atomic E-state index is 8.75. The molecule has 2 aromatic rings. The van der Waals surface area contributed by atoms with Crippen LogP contribution in [0.15, 0.2) is 18.2 Å². The molecule has 0 amide bonds. The lowest BCUT2D eigenvalue weighted by molar-refractivity contribution is 1.49. The van der Waals surface area contributed by atoms with Crippen molar-refractivity contribution in [3.05, 3.63) is 33.5 Å². The molecule has 64 valence electrons. The zero-order valence-corrected chi connectivity index (χ0v) is 8.40. The molecule has 0 aliphatic heterocycles. The molecule has 0 aliphatic rings. The van der Waals surface area contributed by atoms with Gasteiger partial charge in [-0.3, -0.25) is 0 Å². The molecule has 0 saturated carbocycles. The van der Waals surface area contributed by atoms with E-state index in [1.54, 1.807) is 11.3 Å².